The van der Waals surface area contributed by atoms with Crippen LogP contribution in [0.5, 0.6) is 0 Å². The maximum absolute atomic E-state index is 12.8. The van der Waals surface area contributed by atoms with Crippen LogP contribution in [0.15, 0.2) is 42.5 Å². The van der Waals surface area contributed by atoms with Crippen molar-refractivity contribution in [3.63, 3.8) is 0 Å². The average Bonchev–Trinajstić information content (AvgIpc) is 3.25. The van der Waals surface area contributed by atoms with Crippen molar-refractivity contribution in [2.45, 2.75) is 44.2 Å². The minimum atomic E-state index is 0. The first kappa shape index (κ1) is 17.2. The number of carbonyl (C=O) groups is 1. The van der Waals surface area contributed by atoms with Crippen LogP contribution in [-0.4, -0.2) is 29.9 Å². The summed E-state index contributed by atoms with van der Waals surface area (Å²) in [6.07, 6.45) is 5.18. The number of amides is 1. The fourth-order valence-electron chi connectivity index (χ4n) is 4.19. The van der Waals surface area contributed by atoms with E-state index in [9.17, 15) is 4.79 Å². The van der Waals surface area contributed by atoms with Gasteiger partial charge >= 0.3 is 0 Å². The zero-order chi connectivity index (χ0) is 15.6. The van der Waals surface area contributed by atoms with Crippen molar-refractivity contribution < 1.29 is 4.79 Å². The van der Waals surface area contributed by atoms with Gasteiger partial charge in [0, 0.05) is 19.0 Å². The largest absolute Gasteiger partial charge is 0.336 e. The van der Waals surface area contributed by atoms with Crippen LogP contribution >= 0.6 is 12.4 Å². The molecule has 0 aliphatic carbocycles. The van der Waals surface area contributed by atoms with Crippen molar-refractivity contribution in [3.8, 4) is 0 Å². The SMILES string of the molecule is Cl.O=C(CC1CCCN1)N1CCCC1c1cccc2ccccc12. The molecule has 1 N–H and O–H groups in total. The Morgan fingerprint density at radius 2 is 1.92 bits per heavy atom. The third-order valence-corrected chi connectivity index (χ3v) is 5.34. The van der Waals surface area contributed by atoms with E-state index in [-0.39, 0.29) is 18.4 Å². The van der Waals surface area contributed by atoms with Crippen molar-refractivity contribution in [2.24, 2.45) is 0 Å². The van der Waals surface area contributed by atoms with Gasteiger partial charge in [-0.25, -0.2) is 0 Å². The fraction of sp³-hybridized carbons (Fsp3) is 0.450. The highest BCUT2D eigenvalue weighted by Crippen LogP contribution is 2.36. The highest BCUT2D eigenvalue weighted by Gasteiger charge is 2.32. The van der Waals surface area contributed by atoms with Crippen molar-refractivity contribution in [2.75, 3.05) is 13.1 Å². The van der Waals surface area contributed by atoms with Gasteiger partial charge in [0.15, 0.2) is 0 Å². The van der Waals surface area contributed by atoms with Crippen LogP contribution in [0.3, 0.4) is 0 Å². The molecule has 4 rings (SSSR count). The predicted octanol–water partition coefficient (Wildman–Crippen LogP) is 4.07. The number of halogens is 1. The summed E-state index contributed by atoms with van der Waals surface area (Å²) >= 11 is 0. The molecule has 0 aromatic heterocycles. The lowest BCUT2D eigenvalue weighted by Crippen LogP contribution is -2.35. The zero-order valence-electron chi connectivity index (χ0n) is 13.9. The van der Waals surface area contributed by atoms with Crippen molar-refractivity contribution >= 4 is 29.1 Å². The van der Waals surface area contributed by atoms with Crippen LogP contribution in [0, 0.1) is 0 Å². The lowest BCUT2D eigenvalue weighted by Gasteiger charge is -2.27. The summed E-state index contributed by atoms with van der Waals surface area (Å²) in [5.74, 6) is 0.319. The van der Waals surface area contributed by atoms with E-state index >= 15 is 0 Å². The summed E-state index contributed by atoms with van der Waals surface area (Å²) in [7, 11) is 0. The van der Waals surface area contributed by atoms with E-state index in [1.165, 1.54) is 22.8 Å². The lowest BCUT2D eigenvalue weighted by atomic mass is 9.97. The molecule has 24 heavy (non-hydrogen) atoms. The van der Waals surface area contributed by atoms with Gasteiger partial charge in [0.25, 0.3) is 0 Å². The molecular formula is C20H25ClN2O. The molecule has 0 radical (unpaired) electrons. The number of benzene rings is 2. The average molecular weight is 345 g/mol. The van der Waals surface area contributed by atoms with Gasteiger partial charge < -0.3 is 10.2 Å². The third-order valence-electron chi connectivity index (χ3n) is 5.34. The first-order chi connectivity index (χ1) is 11.3. The predicted molar refractivity (Wildman–Crippen MR) is 101 cm³/mol. The van der Waals surface area contributed by atoms with Crippen LogP contribution < -0.4 is 5.32 Å². The Labute approximate surface area is 149 Å². The molecule has 0 saturated carbocycles. The fourth-order valence-corrected chi connectivity index (χ4v) is 4.19. The molecular weight excluding hydrogens is 320 g/mol. The summed E-state index contributed by atoms with van der Waals surface area (Å²) in [4.78, 5) is 14.9. The number of nitrogens with zero attached hydrogens (tertiary/aromatic N) is 1. The van der Waals surface area contributed by atoms with Crippen molar-refractivity contribution in [1.29, 1.82) is 0 Å². The summed E-state index contributed by atoms with van der Waals surface area (Å²) < 4.78 is 0. The summed E-state index contributed by atoms with van der Waals surface area (Å²) in [5, 5.41) is 6.00. The van der Waals surface area contributed by atoms with Crippen molar-refractivity contribution in [3.05, 3.63) is 48.0 Å². The van der Waals surface area contributed by atoms with E-state index in [2.05, 4.69) is 52.7 Å². The zero-order valence-corrected chi connectivity index (χ0v) is 14.7. The summed E-state index contributed by atoms with van der Waals surface area (Å²) in [6.45, 7) is 1.96. The van der Waals surface area contributed by atoms with Gasteiger partial charge in [0.2, 0.25) is 5.91 Å². The molecule has 2 aromatic carbocycles. The Hall–Kier alpha value is -1.58. The molecule has 2 aliphatic rings. The van der Waals surface area contributed by atoms with E-state index in [1.807, 2.05) is 0 Å². The quantitative estimate of drug-likeness (QED) is 0.910. The maximum atomic E-state index is 12.8. The Kier molecular flexibility index (Phi) is 5.42. The van der Waals surface area contributed by atoms with Gasteiger partial charge in [0.1, 0.15) is 0 Å². The van der Waals surface area contributed by atoms with Gasteiger partial charge in [-0.1, -0.05) is 42.5 Å². The van der Waals surface area contributed by atoms with Crippen LogP contribution in [-0.2, 0) is 4.79 Å². The first-order valence-corrected chi connectivity index (χ1v) is 8.83. The summed E-state index contributed by atoms with van der Waals surface area (Å²) in [6, 6.07) is 15.6. The van der Waals surface area contributed by atoms with E-state index in [4.69, 9.17) is 0 Å². The van der Waals surface area contributed by atoms with Crippen LogP contribution in [0.1, 0.15) is 43.7 Å². The molecule has 3 nitrogen and oxygen atoms in total. The molecule has 4 heteroatoms. The normalized spacial score (nSPS) is 23.4. The van der Waals surface area contributed by atoms with Gasteiger partial charge in [0.05, 0.1) is 6.04 Å². The maximum Gasteiger partial charge on any atom is 0.224 e. The molecule has 128 valence electrons. The lowest BCUT2D eigenvalue weighted by molar-refractivity contribution is -0.132. The summed E-state index contributed by atoms with van der Waals surface area (Å²) in [5.41, 5.74) is 1.31. The highest BCUT2D eigenvalue weighted by atomic mass is 35.5. The molecule has 0 spiro atoms. The van der Waals surface area contributed by atoms with Gasteiger partial charge in [-0.3, -0.25) is 4.79 Å². The Balaban J connectivity index is 0.00000169. The molecule has 2 heterocycles. The Morgan fingerprint density at radius 3 is 2.75 bits per heavy atom. The highest BCUT2D eigenvalue weighted by molar-refractivity contribution is 5.87. The topological polar surface area (TPSA) is 32.3 Å². The Bertz CT molecular complexity index is 706. The number of likely N-dealkylation sites (tertiary alicyclic amines) is 1. The molecule has 2 aromatic rings. The second-order valence-electron chi connectivity index (χ2n) is 6.81. The second-order valence-corrected chi connectivity index (χ2v) is 6.81. The van der Waals surface area contributed by atoms with E-state index < -0.39 is 0 Å². The van der Waals surface area contributed by atoms with E-state index in [0.29, 0.717) is 18.4 Å². The van der Waals surface area contributed by atoms with Gasteiger partial charge in [-0.2, -0.15) is 0 Å². The molecule has 1 amide bonds. The first-order valence-electron chi connectivity index (χ1n) is 8.83. The molecule has 2 fully saturated rings. The minimum absolute atomic E-state index is 0. The van der Waals surface area contributed by atoms with Crippen LogP contribution in [0.25, 0.3) is 10.8 Å². The number of hydrogen-bond acceptors (Lipinski definition) is 2. The second kappa shape index (κ2) is 7.54. The van der Waals surface area contributed by atoms with Crippen molar-refractivity contribution in [1.82, 2.24) is 10.2 Å². The Morgan fingerprint density at radius 1 is 1.08 bits per heavy atom. The van der Waals surface area contributed by atoms with Gasteiger partial charge in [-0.05, 0) is 48.6 Å². The van der Waals surface area contributed by atoms with Crippen LogP contribution in [0.4, 0.5) is 0 Å². The molecule has 2 saturated heterocycles. The smallest absolute Gasteiger partial charge is 0.224 e. The molecule has 2 aliphatic heterocycles. The molecule has 2 atom stereocenters. The van der Waals surface area contributed by atoms with E-state index in [1.54, 1.807) is 0 Å². The number of rotatable bonds is 3. The monoisotopic (exact) mass is 344 g/mol. The van der Waals surface area contributed by atoms with Gasteiger partial charge in [-0.15, -0.1) is 12.4 Å². The standard InChI is InChI=1S/C20H24N2O.ClH/c23-20(14-16-8-4-12-21-16)22-13-5-11-19(22)18-10-3-7-15-6-1-2-9-17(15)18;/h1-3,6-7,9-10,16,19,21H,4-5,8,11-14H2;1H. The minimum Gasteiger partial charge on any atom is -0.336 e. The number of fused-ring (bicyclic) bond motifs is 1. The van der Waals surface area contributed by atoms with E-state index in [0.717, 1.165) is 32.4 Å². The van der Waals surface area contributed by atoms with Crippen LogP contribution in [0.2, 0.25) is 0 Å². The number of carbonyl (C=O) groups excluding carboxylic acids is 1. The third kappa shape index (κ3) is 3.28. The number of hydrogen-bond donors (Lipinski definition) is 1. The molecule has 2 unspecified atom stereocenters. The molecule has 0 bridgehead atoms. The number of nitrogens with one attached hydrogen (secondary N) is 1.